The van der Waals surface area contributed by atoms with E-state index in [-0.39, 0.29) is 12.6 Å². The van der Waals surface area contributed by atoms with Crippen LogP contribution in [0.3, 0.4) is 0 Å². The van der Waals surface area contributed by atoms with Crippen molar-refractivity contribution in [2.75, 3.05) is 20.3 Å². The molecule has 0 amide bonds. The summed E-state index contributed by atoms with van der Waals surface area (Å²) < 4.78 is 16.7. The van der Waals surface area contributed by atoms with Crippen molar-refractivity contribution in [2.45, 2.75) is 6.61 Å². The van der Waals surface area contributed by atoms with Crippen LogP contribution in [0.2, 0.25) is 0 Å². The Labute approximate surface area is 138 Å². The number of benzene rings is 2. The standard InChI is InChI=1S/C17H17BrO4/c1-20-12-13-3-2-4-14(11-13)17(19)22-10-9-21-16-7-5-15(18)6-8-16/h2-8,11H,9-10,12H2,1H3. The molecule has 4 nitrogen and oxygen atoms in total. The van der Waals surface area contributed by atoms with E-state index >= 15 is 0 Å². The average molecular weight is 365 g/mol. The van der Waals surface area contributed by atoms with Crippen LogP contribution >= 0.6 is 15.9 Å². The van der Waals surface area contributed by atoms with Gasteiger partial charge in [0.25, 0.3) is 0 Å². The predicted octanol–water partition coefficient (Wildman–Crippen LogP) is 3.83. The number of halogens is 1. The largest absolute Gasteiger partial charge is 0.490 e. The zero-order valence-corrected chi connectivity index (χ0v) is 13.8. The van der Waals surface area contributed by atoms with Crippen LogP contribution in [0.5, 0.6) is 5.75 Å². The molecule has 0 heterocycles. The number of esters is 1. The highest BCUT2D eigenvalue weighted by Crippen LogP contribution is 2.16. The summed E-state index contributed by atoms with van der Waals surface area (Å²) in [5.74, 6) is 0.374. The minimum absolute atomic E-state index is 0.198. The van der Waals surface area contributed by atoms with E-state index in [0.717, 1.165) is 15.8 Å². The second-order valence-electron chi connectivity index (χ2n) is 4.57. The number of rotatable bonds is 7. The van der Waals surface area contributed by atoms with Gasteiger partial charge >= 0.3 is 5.97 Å². The number of ether oxygens (including phenoxy) is 3. The molecule has 0 unspecified atom stereocenters. The zero-order valence-electron chi connectivity index (χ0n) is 12.3. The number of hydrogen-bond donors (Lipinski definition) is 0. The molecule has 2 aromatic rings. The van der Waals surface area contributed by atoms with E-state index in [1.807, 2.05) is 36.4 Å². The van der Waals surface area contributed by atoms with Gasteiger partial charge in [0.05, 0.1) is 12.2 Å². The highest BCUT2D eigenvalue weighted by atomic mass is 79.9. The van der Waals surface area contributed by atoms with Gasteiger partial charge in [0.1, 0.15) is 19.0 Å². The fourth-order valence-electron chi connectivity index (χ4n) is 1.86. The smallest absolute Gasteiger partial charge is 0.338 e. The van der Waals surface area contributed by atoms with Crippen molar-refractivity contribution in [3.63, 3.8) is 0 Å². The van der Waals surface area contributed by atoms with Crippen LogP contribution < -0.4 is 4.74 Å². The van der Waals surface area contributed by atoms with Crippen LogP contribution in [0.15, 0.2) is 53.0 Å². The zero-order chi connectivity index (χ0) is 15.8. The summed E-state index contributed by atoms with van der Waals surface area (Å²) in [6.07, 6.45) is 0. The number of hydrogen-bond acceptors (Lipinski definition) is 4. The number of methoxy groups -OCH3 is 1. The highest BCUT2D eigenvalue weighted by Gasteiger charge is 2.07. The molecular formula is C17H17BrO4. The molecule has 0 N–H and O–H groups in total. The molecule has 2 rings (SSSR count). The Morgan fingerprint density at radius 1 is 1.09 bits per heavy atom. The summed E-state index contributed by atoms with van der Waals surface area (Å²) in [6.45, 7) is 0.975. The van der Waals surface area contributed by atoms with E-state index in [1.165, 1.54) is 0 Å². The van der Waals surface area contributed by atoms with E-state index in [1.54, 1.807) is 19.2 Å². The molecule has 0 radical (unpaired) electrons. The lowest BCUT2D eigenvalue weighted by Gasteiger charge is -2.08. The summed E-state index contributed by atoms with van der Waals surface area (Å²) in [6, 6.07) is 14.7. The lowest BCUT2D eigenvalue weighted by molar-refractivity contribution is 0.0450. The lowest BCUT2D eigenvalue weighted by Crippen LogP contribution is -2.12. The molecule has 0 aromatic heterocycles. The summed E-state index contributed by atoms with van der Waals surface area (Å²) >= 11 is 3.36. The van der Waals surface area contributed by atoms with Crippen LogP contribution in [0.1, 0.15) is 15.9 Å². The monoisotopic (exact) mass is 364 g/mol. The fraction of sp³-hybridized carbons (Fsp3) is 0.235. The first-order valence-corrected chi connectivity index (χ1v) is 7.61. The van der Waals surface area contributed by atoms with Crippen LogP contribution in [-0.4, -0.2) is 26.3 Å². The summed E-state index contributed by atoms with van der Waals surface area (Å²) in [5, 5.41) is 0. The topological polar surface area (TPSA) is 44.8 Å². The van der Waals surface area contributed by atoms with Crippen LogP contribution in [0.25, 0.3) is 0 Å². The Morgan fingerprint density at radius 3 is 2.59 bits per heavy atom. The maximum Gasteiger partial charge on any atom is 0.338 e. The van der Waals surface area contributed by atoms with Gasteiger partial charge in [-0.3, -0.25) is 0 Å². The van der Waals surface area contributed by atoms with Gasteiger partial charge in [-0.2, -0.15) is 0 Å². The number of carbonyl (C=O) groups is 1. The average Bonchev–Trinajstić information content (AvgIpc) is 2.53. The summed E-state index contributed by atoms with van der Waals surface area (Å²) in [7, 11) is 1.62. The molecule has 0 atom stereocenters. The Kier molecular flexibility index (Phi) is 6.43. The van der Waals surface area contributed by atoms with Crippen molar-refractivity contribution in [2.24, 2.45) is 0 Å². The van der Waals surface area contributed by atoms with Gasteiger partial charge in [0, 0.05) is 11.6 Å². The molecule has 0 spiro atoms. The molecular weight excluding hydrogens is 348 g/mol. The van der Waals surface area contributed by atoms with Crippen molar-refractivity contribution in [3.05, 3.63) is 64.1 Å². The van der Waals surface area contributed by atoms with Crippen LogP contribution in [-0.2, 0) is 16.1 Å². The third kappa shape index (κ3) is 5.16. The van der Waals surface area contributed by atoms with E-state index in [4.69, 9.17) is 14.2 Å². The van der Waals surface area contributed by atoms with Crippen molar-refractivity contribution < 1.29 is 19.0 Å². The van der Waals surface area contributed by atoms with Crippen molar-refractivity contribution in [1.82, 2.24) is 0 Å². The van der Waals surface area contributed by atoms with E-state index < -0.39 is 0 Å². The molecule has 0 aliphatic rings. The molecule has 0 saturated heterocycles. The maximum absolute atomic E-state index is 11.9. The third-order valence-corrected chi connectivity index (χ3v) is 3.40. The minimum atomic E-state index is -0.364. The third-order valence-electron chi connectivity index (χ3n) is 2.87. The Balaban J connectivity index is 1.77. The quantitative estimate of drug-likeness (QED) is 0.553. The fourth-order valence-corrected chi connectivity index (χ4v) is 2.13. The second kappa shape index (κ2) is 8.56. The van der Waals surface area contributed by atoms with Gasteiger partial charge in [0.15, 0.2) is 0 Å². The molecule has 0 aliphatic carbocycles. The Bertz CT molecular complexity index is 610. The lowest BCUT2D eigenvalue weighted by atomic mass is 10.1. The van der Waals surface area contributed by atoms with Crippen molar-refractivity contribution >= 4 is 21.9 Å². The van der Waals surface area contributed by atoms with Gasteiger partial charge < -0.3 is 14.2 Å². The van der Waals surface area contributed by atoms with Gasteiger partial charge in [-0.1, -0.05) is 28.1 Å². The van der Waals surface area contributed by atoms with Crippen LogP contribution in [0.4, 0.5) is 0 Å². The molecule has 0 fully saturated rings. The Morgan fingerprint density at radius 2 is 1.86 bits per heavy atom. The SMILES string of the molecule is COCc1cccc(C(=O)OCCOc2ccc(Br)cc2)c1. The van der Waals surface area contributed by atoms with Gasteiger partial charge in [-0.15, -0.1) is 0 Å². The van der Waals surface area contributed by atoms with Gasteiger partial charge in [-0.25, -0.2) is 4.79 Å². The first kappa shape index (κ1) is 16.5. The summed E-state index contributed by atoms with van der Waals surface area (Å²) in [5.41, 5.74) is 1.45. The Hall–Kier alpha value is -1.85. The normalized spacial score (nSPS) is 10.3. The minimum Gasteiger partial charge on any atom is -0.490 e. The van der Waals surface area contributed by atoms with E-state index in [2.05, 4.69) is 15.9 Å². The first-order valence-electron chi connectivity index (χ1n) is 6.82. The maximum atomic E-state index is 11.9. The molecule has 22 heavy (non-hydrogen) atoms. The highest BCUT2D eigenvalue weighted by molar-refractivity contribution is 9.10. The summed E-state index contributed by atoms with van der Waals surface area (Å²) in [4.78, 5) is 11.9. The molecule has 0 aliphatic heterocycles. The van der Waals surface area contributed by atoms with Crippen molar-refractivity contribution in [1.29, 1.82) is 0 Å². The predicted molar refractivity (Wildman–Crippen MR) is 87.1 cm³/mol. The number of carbonyl (C=O) groups excluding carboxylic acids is 1. The van der Waals surface area contributed by atoms with Gasteiger partial charge in [0.2, 0.25) is 0 Å². The van der Waals surface area contributed by atoms with Crippen molar-refractivity contribution in [3.8, 4) is 5.75 Å². The molecule has 0 bridgehead atoms. The molecule has 0 saturated carbocycles. The van der Waals surface area contributed by atoms with E-state index in [9.17, 15) is 4.79 Å². The molecule has 5 heteroatoms. The second-order valence-corrected chi connectivity index (χ2v) is 5.49. The van der Waals surface area contributed by atoms with Crippen LogP contribution in [0, 0.1) is 0 Å². The molecule has 2 aromatic carbocycles. The first-order chi connectivity index (χ1) is 10.7. The van der Waals surface area contributed by atoms with E-state index in [0.29, 0.717) is 18.8 Å². The molecule has 116 valence electrons. The van der Waals surface area contributed by atoms with Gasteiger partial charge in [-0.05, 0) is 42.0 Å².